The number of anilines is 1. The third kappa shape index (κ3) is 5.60. The lowest BCUT2D eigenvalue weighted by Crippen LogP contribution is -3.27. The fourth-order valence-corrected chi connectivity index (χ4v) is 5.08. The van der Waals surface area contributed by atoms with Crippen LogP contribution < -0.4 is 19.4 Å². The van der Waals surface area contributed by atoms with Crippen molar-refractivity contribution in [3.05, 3.63) is 59.7 Å². The minimum absolute atomic E-state index is 0.0963. The number of piperazine rings is 1. The summed E-state index contributed by atoms with van der Waals surface area (Å²) >= 11 is 0. The van der Waals surface area contributed by atoms with Crippen LogP contribution in [0, 0.1) is 0 Å². The van der Waals surface area contributed by atoms with E-state index in [2.05, 4.69) is 47.9 Å². The molecule has 1 atom stereocenters. The first-order valence-electron chi connectivity index (χ1n) is 10.8. The molecule has 1 fully saturated rings. The third-order valence-electron chi connectivity index (χ3n) is 6.17. The Balaban J connectivity index is 1.79. The second kappa shape index (κ2) is 9.92. The Kier molecular flexibility index (Phi) is 7.52. The summed E-state index contributed by atoms with van der Waals surface area (Å²) in [6.07, 6.45) is 0.896. The predicted molar refractivity (Wildman–Crippen MR) is 122 cm³/mol. The lowest BCUT2D eigenvalue weighted by Gasteiger charge is -2.33. The molecule has 2 aromatic rings. The van der Waals surface area contributed by atoms with Crippen molar-refractivity contribution in [1.82, 2.24) is 4.72 Å². The topological polar surface area (TPSA) is 58.3 Å². The van der Waals surface area contributed by atoms with Crippen LogP contribution in [-0.2, 0) is 16.4 Å². The van der Waals surface area contributed by atoms with Gasteiger partial charge in [-0.15, -0.1) is 0 Å². The van der Waals surface area contributed by atoms with Crippen LogP contribution in [0.25, 0.3) is 0 Å². The van der Waals surface area contributed by atoms with Crippen LogP contribution in [0.4, 0.5) is 5.69 Å². The van der Waals surface area contributed by atoms with E-state index in [9.17, 15) is 8.42 Å². The van der Waals surface area contributed by atoms with Crippen molar-refractivity contribution < 1.29 is 18.2 Å². The Morgan fingerprint density at radius 2 is 1.57 bits per heavy atom. The summed E-state index contributed by atoms with van der Waals surface area (Å²) in [5.74, 6) is 0. The Hall–Kier alpha value is -1.93. The van der Waals surface area contributed by atoms with Crippen LogP contribution in [0.3, 0.4) is 0 Å². The molecular weight excluding hydrogens is 396 g/mol. The first-order valence-corrected chi connectivity index (χ1v) is 12.3. The summed E-state index contributed by atoms with van der Waals surface area (Å²) in [5, 5.41) is 0. The van der Waals surface area contributed by atoms with Crippen molar-refractivity contribution in [2.24, 2.45) is 0 Å². The summed E-state index contributed by atoms with van der Waals surface area (Å²) in [7, 11) is 2.74. The minimum Gasteiger partial charge on any atom is -0.378 e. The van der Waals surface area contributed by atoms with Gasteiger partial charge < -0.3 is 14.7 Å². The van der Waals surface area contributed by atoms with Gasteiger partial charge in [0.05, 0.1) is 18.5 Å². The van der Waals surface area contributed by atoms with Crippen LogP contribution >= 0.6 is 0 Å². The van der Waals surface area contributed by atoms with Crippen LogP contribution in [0.5, 0.6) is 0 Å². The molecule has 0 bridgehead atoms. The van der Waals surface area contributed by atoms with E-state index in [1.165, 1.54) is 15.4 Å². The Bertz CT molecular complexity index is 903. The number of quaternary nitrogens is 2. The van der Waals surface area contributed by atoms with E-state index in [0.717, 1.165) is 43.9 Å². The van der Waals surface area contributed by atoms with E-state index in [1.54, 1.807) is 12.1 Å². The van der Waals surface area contributed by atoms with E-state index in [1.807, 2.05) is 26.2 Å². The zero-order chi connectivity index (χ0) is 21.7. The molecule has 30 heavy (non-hydrogen) atoms. The quantitative estimate of drug-likeness (QED) is 0.539. The summed E-state index contributed by atoms with van der Waals surface area (Å²) in [6, 6.07) is 15.8. The van der Waals surface area contributed by atoms with Crippen molar-refractivity contribution >= 4 is 15.7 Å². The number of rotatable bonds is 8. The van der Waals surface area contributed by atoms with E-state index >= 15 is 0 Å². The molecule has 2 aromatic carbocycles. The number of likely N-dealkylation sites (N-methyl/N-ethyl adjacent to an activating group) is 1. The first kappa shape index (κ1) is 22.7. The van der Waals surface area contributed by atoms with Crippen LogP contribution in [0.1, 0.15) is 24.1 Å². The minimum atomic E-state index is -3.54. The largest absolute Gasteiger partial charge is 0.378 e. The normalized spacial score (nSPS) is 20.7. The first-order chi connectivity index (χ1) is 14.3. The monoisotopic (exact) mass is 432 g/mol. The van der Waals surface area contributed by atoms with Gasteiger partial charge in [-0.2, -0.15) is 0 Å². The molecule has 0 radical (unpaired) electrons. The van der Waals surface area contributed by atoms with Gasteiger partial charge in [0.2, 0.25) is 10.0 Å². The molecule has 7 heteroatoms. The zero-order valence-corrected chi connectivity index (χ0v) is 19.4. The molecule has 0 saturated carbocycles. The lowest BCUT2D eigenvalue weighted by molar-refractivity contribution is -1.02. The van der Waals surface area contributed by atoms with Crippen LogP contribution in [0.15, 0.2) is 53.4 Å². The van der Waals surface area contributed by atoms with Crippen molar-refractivity contribution in [3.8, 4) is 0 Å². The van der Waals surface area contributed by atoms with Crippen molar-refractivity contribution in [1.29, 1.82) is 0 Å². The van der Waals surface area contributed by atoms with Gasteiger partial charge in [0.15, 0.2) is 0 Å². The molecule has 0 amide bonds. The van der Waals surface area contributed by atoms with E-state index in [0.29, 0.717) is 11.4 Å². The maximum atomic E-state index is 12.9. The average molecular weight is 433 g/mol. The van der Waals surface area contributed by atoms with Gasteiger partial charge in [0, 0.05) is 25.3 Å². The number of nitrogens with zero attached hydrogens (tertiary/aromatic N) is 1. The molecule has 1 aliphatic heterocycles. The second-order valence-electron chi connectivity index (χ2n) is 8.50. The highest BCUT2D eigenvalue weighted by Gasteiger charge is 2.30. The van der Waals surface area contributed by atoms with Crippen molar-refractivity contribution in [2.75, 3.05) is 58.8 Å². The molecule has 3 rings (SSSR count). The van der Waals surface area contributed by atoms with Crippen LogP contribution in [-0.4, -0.2) is 62.3 Å². The zero-order valence-electron chi connectivity index (χ0n) is 18.6. The second-order valence-corrected chi connectivity index (χ2v) is 10.3. The summed E-state index contributed by atoms with van der Waals surface area (Å²) in [6.45, 7) is 6.75. The average Bonchev–Trinajstić information content (AvgIpc) is 2.75. The summed E-state index contributed by atoms with van der Waals surface area (Å²) in [4.78, 5) is 5.39. The Morgan fingerprint density at radius 3 is 2.10 bits per heavy atom. The van der Waals surface area contributed by atoms with Gasteiger partial charge in [-0.1, -0.05) is 31.2 Å². The predicted octanol–water partition coefficient (Wildman–Crippen LogP) is -0.252. The highest BCUT2D eigenvalue weighted by molar-refractivity contribution is 7.89. The molecule has 0 aromatic heterocycles. The number of hydrogen-bond acceptors (Lipinski definition) is 3. The smallest absolute Gasteiger partial charge is 0.240 e. The molecule has 0 aliphatic carbocycles. The highest BCUT2D eigenvalue weighted by Crippen LogP contribution is 2.17. The van der Waals surface area contributed by atoms with Gasteiger partial charge >= 0.3 is 0 Å². The molecule has 1 aliphatic rings. The fourth-order valence-electron chi connectivity index (χ4n) is 4.03. The molecule has 6 nitrogen and oxygen atoms in total. The molecule has 3 N–H and O–H groups in total. The lowest BCUT2D eigenvalue weighted by atomic mass is 10.0. The number of aryl methyl sites for hydroxylation is 1. The van der Waals surface area contributed by atoms with E-state index < -0.39 is 10.0 Å². The van der Waals surface area contributed by atoms with Gasteiger partial charge in [0.25, 0.3) is 0 Å². The van der Waals surface area contributed by atoms with Crippen molar-refractivity contribution in [2.45, 2.75) is 24.3 Å². The van der Waals surface area contributed by atoms with Gasteiger partial charge in [0.1, 0.15) is 32.2 Å². The van der Waals surface area contributed by atoms with Crippen LogP contribution in [0.2, 0.25) is 0 Å². The van der Waals surface area contributed by atoms with Gasteiger partial charge in [-0.3, -0.25) is 0 Å². The van der Waals surface area contributed by atoms with Crippen molar-refractivity contribution in [3.63, 3.8) is 0 Å². The number of hydrogen-bond donors (Lipinski definition) is 3. The molecule has 164 valence electrons. The number of benzene rings is 2. The Labute approximate surface area is 181 Å². The molecule has 1 saturated heterocycles. The number of sulfonamides is 1. The molecular formula is C23H36N4O2S+2. The summed E-state index contributed by atoms with van der Waals surface area (Å²) in [5.41, 5.74) is 3.46. The maximum Gasteiger partial charge on any atom is 0.240 e. The van der Waals surface area contributed by atoms with E-state index in [-0.39, 0.29) is 6.04 Å². The number of nitrogens with one attached hydrogen (secondary N) is 3. The van der Waals surface area contributed by atoms with Gasteiger partial charge in [-0.25, -0.2) is 13.1 Å². The van der Waals surface area contributed by atoms with E-state index in [4.69, 9.17) is 0 Å². The fraction of sp³-hybridized carbons (Fsp3) is 0.478. The molecule has 0 spiro atoms. The highest BCUT2D eigenvalue weighted by atomic mass is 32.2. The Morgan fingerprint density at radius 1 is 0.967 bits per heavy atom. The third-order valence-corrected chi connectivity index (χ3v) is 7.61. The molecule has 0 unspecified atom stereocenters. The standard InChI is InChI=1S/C23H34N4O2S/c1-5-19-6-12-22(13-7-19)30(28,29)24-18-23(27-16-14-26(4)15-17-27)20-8-10-21(11-9-20)25(2)3/h6-13,23-24H,5,14-18H2,1-4H3/p+2/t23-/m0/s1. The SMILES string of the molecule is CCc1ccc(S(=O)(=O)NC[C@@H](c2ccc(N(C)C)cc2)[NH+]2CC[NH+](C)CC2)cc1. The molecule has 1 heterocycles. The summed E-state index contributed by atoms with van der Waals surface area (Å²) < 4.78 is 28.7. The van der Waals surface area contributed by atoms with Gasteiger partial charge in [-0.05, 0) is 36.2 Å². The maximum absolute atomic E-state index is 12.9.